The third-order valence-corrected chi connectivity index (χ3v) is 5.13. The van der Waals surface area contributed by atoms with E-state index in [0.717, 1.165) is 44.5 Å². The van der Waals surface area contributed by atoms with Crippen LogP contribution in [0.15, 0.2) is 72.8 Å². The number of hydrogen-bond donors (Lipinski definition) is 3. The van der Waals surface area contributed by atoms with E-state index in [0.29, 0.717) is 0 Å². The van der Waals surface area contributed by atoms with Crippen molar-refractivity contribution in [2.24, 2.45) is 0 Å². The number of rotatable bonds is 3. The predicted molar refractivity (Wildman–Crippen MR) is 112 cm³/mol. The Kier molecular flexibility index (Phi) is 3.62. The molecule has 0 aliphatic rings. The smallest absolute Gasteiger partial charge is 0.0682 e. The number of aliphatic hydroxyl groups is 1. The van der Waals surface area contributed by atoms with Crippen LogP contribution in [0.4, 0.5) is 0 Å². The van der Waals surface area contributed by atoms with Crippen LogP contribution in [-0.4, -0.2) is 15.1 Å². The molecule has 0 aliphatic heterocycles. The van der Waals surface area contributed by atoms with Gasteiger partial charge in [0.25, 0.3) is 0 Å². The number of aliphatic hydroxyl groups excluding tert-OH is 1. The Morgan fingerprint density at radius 2 is 1.33 bits per heavy atom. The number of nitrogens with one attached hydrogen (secondary N) is 2. The highest BCUT2D eigenvalue weighted by Gasteiger charge is 2.08. The third kappa shape index (κ3) is 2.82. The topological polar surface area (TPSA) is 51.8 Å². The molecule has 0 bridgehead atoms. The van der Waals surface area contributed by atoms with Crippen molar-refractivity contribution in [3.8, 4) is 22.5 Å². The molecule has 132 valence electrons. The Balaban J connectivity index is 1.58. The van der Waals surface area contributed by atoms with E-state index in [2.05, 4.69) is 71.5 Å². The van der Waals surface area contributed by atoms with Gasteiger partial charge in [-0.05, 0) is 66.1 Å². The second kappa shape index (κ2) is 6.15. The lowest BCUT2D eigenvalue weighted by molar-refractivity contribution is 0.282. The van der Waals surface area contributed by atoms with Crippen LogP contribution in [0.3, 0.4) is 0 Å². The number of fused-ring (bicyclic) bond motifs is 2. The van der Waals surface area contributed by atoms with E-state index in [4.69, 9.17) is 0 Å². The van der Waals surface area contributed by atoms with Gasteiger partial charge in [-0.3, -0.25) is 0 Å². The summed E-state index contributed by atoms with van der Waals surface area (Å²) in [6.45, 7) is 2.18. The Morgan fingerprint density at radius 3 is 2.00 bits per heavy atom. The molecule has 0 saturated carbocycles. The maximum Gasteiger partial charge on any atom is 0.0682 e. The average molecular weight is 352 g/mol. The van der Waals surface area contributed by atoms with Gasteiger partial charge in [0.1, 0.15) is 0 Å². The van der Waals surface area contributed by atoms with Crippen LogP contribution < -0.4 is 0 Å². The van der Waals surface area contributed by atoms with Gasteiger partial charge in [-0.1, -0.05) is 35.9 Å². The Hall–Kier alpha value is -3.30. The summed E-state index contributed by atoms with van der Waals surface area (Å²) in [5.41, 5.74) is 8.93. The SMILES string of the molecule is Cc1ccc2[nH]c(-c3cccc(-c4cc5cc(CO)ccc5[nH]4)c3)cc2c1. The summed E-state index contributed by atoms with van der Waals surface area (Å²) in [7, 11) is 0. The molecule has 5 aromatic rings. The minimum Gasteiger partial charge on any atom is -0.392 e. The van der Waals surface area contributed by atoms with Crippen LogP contribution in [0.1, 0.15) is 11.1 Å². The third-order valence-electron chi connectivity index (χ3n) is 5.13. The van der Waals surface area contributed by atoms with Crippen molar-refractivity contribution in [1.29, 1.82) is 0 Å². The molecule has 3 heteroatoms. The zero-order chi connectivity index (χ0) is 18.4. The molecule has 3 aromatic carbocycles. The number of H-pyrrole nitrogens is 2. The Bertz CT molecular complexity index is 1280. The minimum atomic E-state index is 0.0613. The van der Waals surface area contributed by atoms with E-state index in [1.54, 1.807) is 0 Å². The summed E-state index contributed by atoms with van der Waals surface area (Å²) in [5.74, 6) is 0. The van der Waals surface area contributed by atoms with E-state index < -0.39 is 0 Å². The molecule has 0 amide bonds. The van der Waals surface area contributed by atoms with Crippen LogP contribution in [-0.2, 0) is 6.61 Å². The Labute approximate surface area is 157 Å². The predicted octanol–water partition coefficient (Wildman–Crippen LogP) is 5.78. The highest BCUT2D eigenvalue weighted by molar-refractivity contribution is 5.89. The molecular weight excluding hydrogens is 332 g/mol. The van der Waals surface area contributed by atoms with Gasteiger partial charge < -0.3 is 15.1 Å². The molecule has 2 heterocycles. The lowest BCUT2D eigenvalue weighted by atomic mass is 10.1. The molecule has 0 radical (unpaired) electrons. The standard InChI is InChI=1S/C24H20N2O/c1-15-5-7-21-19(9-15)12-23(25-21)17-3-2-4-18(11-17)24-13-20-10-16(14-27)6-8-22(20)26-24/h2-13,25-27H,14H2,1H3. The first-order valence-corrected chi connectivity index (χ1v) is 9.12. The summed E-state index contributed by atoms with van der Waals surface area (Å²) >= 11 is 0. The van der Waals surface area contributed by atoms with Crippen LogP contribution in [0.5, 0.6) is 0 Å². The summed E-state index contributed by atoms with van der Waals surface area (Å²) in [4.78, 5) is 7.01. The fourth-order valence-electron chi connectivity index (χ4n) is 3.70. The van der Waals surface area contributed by atoms with Crippen LogP contribution in [0.2, 0.25) is 0 Å². The zero-order valence-electron chi connectivity index (χ0n) is 15.1. The largest absolute Gasteiger partial charge is 0.392 e. The normalized spacial score (nSPS) is 11.5. The first kappa shape index (κ1) is 15.9. The molecule has 0 fully saturated rings. The summed E-state index contributed by atoms with van der Waals surface area (Å²) in [5, 5.41) is 11.7. The van der Waals surface area contributed by atoms with Crippen molar-refractivity contribution < 1.29 is 5.11 Å². The summed E-state index contributed by atoms with van der Waals surface area (Å²) in [6, 6.07) is 25.4. The van der Waals surface area contributed by atoms with Crippen molar-refractivity contribution in [2.45, 2.75) is 13.5 Å². The van der Waals surface area contributed by atoms with Crippen LogP contribution in [0, 0.1) is 6.92 Å². The molecule has 3 nitrogen and oxygen atoms in total. The van der Waals surface area contributed by atoms with Gasteiger partial charge in [-0.25, -0.2) is 0 Å². The van der Waals surface area contributed by atoms with Crippen molar-refractivity contribution in [2.75, 3.05) is 0 Å². The monoisotopic (exact) mass is 352 g/mol. The van der Waals surface area contributed by atoms with E-state index in [-0.39, 0.29) is 6.61 Å². The average Bonchev–Trinajstić information content (AvgIpc) is 3.31. The van der Waals surface area contributed by atoms with E-state index in [1.807, 2.05) is 18.2 Å². The number of hydrogen-bond acceptors (Lipinski definition) is 1. The molecule has 27 heavy (non-hydrogen) atoms. The van der Waals surface area contributed by atoms with Gasteiger partial charge in [-0.2, -0.15) is 0 Å². The fraction of sp³-hybridized carbons (Fsp3) is 0.0833. The van der Waals surface area contributed by atoms with Crippen molar-refractivity contribution in [3.63, 3.8) is 0 Å². The molecular formula is C24H20N2O. The van der Waals surface area contributed by atoms with E-state index in [1.165, 1.54) is 10.9 Å². The molecule has 0 aliphatic carbocycles. The second-order valence-electron chi connectivity index (χ2n) is 7.12. The Morgan fingerprint density at radius 1 is 0.704 bits per heavy atom. The van der Waals surface area contributed by atoms with E-state index >= 15 is 0 Å². The minimum absolute atomic E-state index is 0.0613. The molecule has 3 N–H and O–H groups in total. The number of aryl methyl sites for hydroxylation is 1. The van der Waals surface area contributed by atoms with E-state index in [9.17, 15) is 5.11 Å². The molecule has 0 unspecified atom stereocenters. The molecule has 0 atom stereocenters. The van der Waals surface area contributed by atoms with Gasteiger partial charge in [0.2, 0.25) is 0 Å². The fourth-order valence-corrected chi connectivity index (χ4v) is 3.70. The van der Waals surface area contributed by atoms with Gasteiger partial charge in [0, 0.05) is 33.2 Å². The first-order chi connectivity index (χ1) is 13.2. The van der Waals surface area contributed by atoms with Gasteiger partial charge in [0.15, 0.2) is 0 Å². The van der Waals surface area contributed by atoms with Gasteiger partial charge >= 0.3 is 0 Å². The van der Waals surface area contributed by atoms with Crippen molar-refractivity contribution in [1.82, 2.24) is 9.97 Å². The highest BCUT2D eigenvalue weighted by Crippen LogP contribution is 2.30. The molecule has 0 spiro atoms. The van der Waals surface area contributed by atoms with Crippen LogP contribution in [0.25, 0.3) is 44.3 Å². The highest BCUT2D eigenvalue weighted by atomic mass is 16.3. The number of benzene rings is 3. The number of aromatic amines is 2. The zero-order valence-corrected chi connectivity index (χ0v) is 15.1. The summed E-state index contributed by atoms with van der Waals surface area (Å²) in [6.07, 6.45) is 0. The van der Waals surface area contributed by atoms with Gasteiger partial charge in [0.05, 0.1) is 6.61 Å². The second-order valence-corrected chi connectivity index (χ2v) is 7.12. The molecule has 5 rings (SSSR count). The van der Waals surface area contributed by atoms with Crippen molar-refractivity contribution >= 4 is 21.8 Å². The lowest BCUT2D eigenvalue weighted by Crippen LogP contribution is -1.81. The lowest BCUT2D eigenvalue weighted by Gasteiger charge is -2.02. The molecule has 2 aromatic heterocycles. The quantitative estimate of drug-likeness (QED) is 0.378. The van der Waals surface area contributed by atoms with Crippen molar-refractivity contribution in [3.05, 3.63) is 83.9 Å². The maximum absolute atomic E-state index is 9.35. The summed E-state index contributed by atoms with van der Waals surface area (Å²) < 4.78 is 0. The number of aromatic nitrogens is 2. The first-order valence-electron chi connectivity index (χ1n) is 9.12. The molecule has 0 saturated heterocycles. The van der Waals surface area contributed by atoms with Crippen LogP contribution >= 0.6 is 0 Å². The maximum atomic E-state index is 9.35. The van der Waals surface area contributed by atoms with Gasteiger partial charge in [-0.15, -0.1) is 0 Å².